The van der Waals surface area contributed by atoms with Crippen LogP contribution in [-0.4, -0.2) is 17.0 Å². The quantitative estimate of drug-likeness (QED) is 0.506. The first-order chi connectivity index (χ1) is 13.9. The number of hydrogen-bond acceptors (Lipinski definition) is 1. The molecule has 0 saturated carbocycles. The van der Waals surface area contributed by atoms with Gasteiger partial charge in [-0.2, -0.15) is 0 Å². The van der Waals surface area contributed by atoms with Crippen molar-refractivity contribution in [1.82, 2.24) is 4.90 Å². The highest BCUT2D eigenvalue weighted by atomic mass is 15.2. The van der Waals surface area contributed by atoms with Crippen LogP contribution >= 0.6 is 0 Å². The average Bonchev–Trinajstić information content (AvgIpc) is 2.75. The van der Waals surface area contributed by atoms with Crippen LogP contribution in [-0.2, 0) is 6.54 Å². The molecule has 0 amide bonds. The zero-order valence-corrected chi connectivity index (χ0v) is 16.3. The SMILES string of the molecule is C1=C(c2ccc(-c3ccccc3)cc2)CC2CCCC1N2Cc1ccccc1. The molecular weight excluding hydrogens is 338 g/mol. The van der Waals surface area contributed by atoms with Gasteiger partial charge in [0, 0.05) is 18.6 Å². The van der Waals surface area contributed by atoms with Crippen molar-refractivity contribution in [3.63, 3.8) is 0 Å². The monoisotopic (exact) mass is 365 g/mol. The van der Waals surface area contributed by atoms with Gasteiger partial charge < -0.3 is 0 Å². The smallest absolute Gasteiger partial charge is 0.0290 e. The molecule has 0 spiro atoms. The van der Waals surface area contributed by atoms with Gasteiger partial charge in [0.1, 0.15) is 0 Å². The third-order valence-corrected chi connectivity index (χ3v) is 6.35. The van der Waals surface area contributed by atoms with Crippen LogP contribution in [0.15, 0.2) is 91.0 Å². The van der Waals surface area contributed by atoms with Crippen LogP contribution in [0.1, 0.15) is 36.8 Å². The molecule has 1 fully saturated rings. The van der Waals surface area contributed by atoms with E-state index in [1.807, 2.05) is 0 Å². The minimum atomic E-state index is 0.580. The highest BCUT2D eigenvalue weighted by Gasteiger charge is 2.33. The lowest BCUT2D eigenvalue weighted by molar-refractivity contribution is 0.0951. The van der Waals surface area contributed by atoms with Crippen LogP contribution < -0.4 is 0 Å². The summed E-state index contributed by atoms with van der Waals surface area (Å²) in [6.07, 6.45) is 7.69. The fourth-order valence-corrected chi connectivity index (χ4v) is 4.88. The molecule has 5 rings (SSSR count). The maximum absolute atomic E-state index is 2.74. The first kappa shape index (κ1) is 17.5. The Morgan fingerprint density at radius 1 is 0.679 bits per heavy atom. The Hall–Kier alpha value is -2.64. The number of fused-ring (bicyclic) bond motifs is 2. The Morgan fingerprint density at radius 2 is 1.32 bits per heavy atom. The summed E-state index contributed by atoms with van der Waals surface area (Å²) in [6, 6.07) is 32.0. The Morgan fingerprint density at radius 3 is 2.04 bits per heavy atom. The van der Waals surface area contributed by atoms with Gasteiger partial charge in [-0.25, -0.2) is 0 Å². The fourth-order valence-electron chi connectivity index (χ4n) is 4.88. The van der Waals surface area contributed by atoms with Gasteiger partial charge in [0.05, 0.1) is 0 Å². The molecule has 0 aliphatic carbocycles. The van der Waals surface area contributed by atoms with Crippen LogP contribution in [0.4, 0.5) is 0 Å². The van der Waals surface area contributed by atoms with Crippen LogP contribution in [0.3, 0.4) is 0 Å². The molecule has 28 heavy (non-hydrogen) atoms. The van der Waals surface area contributed by atoms with Gasteiger partial charge in [-0.1, -0.05) is 97.4 Å². The van der Waals surface area contributed by atoms with Gasteiger partial charge in [-0.05, 0) is 47.1 Å². The van der Waals surface area contributed by atoms with Gasteiger partial charge in [0.2, 0.25) is 0 Å². The van der Waals surface area contributed by atoms with E-state index in [2.05, 4.69) is 95.9 Å². The standard InChI is InChI=1S/C27H27N/c1-3-8-21(9-4-1)20-28-26-12-7-13-27(28)19-25(18-26)24-16-14-23(15-17-24)22-10-5-2-6-11-22/h1-6,8-11,14-18,26-27H,7,12-13,19-20H2. The molecule has 0 N–H and O–H groups in total. The topological polar surface area (TPSA) is 3.24 Å². The summed E-state index contributed by atoms with van der Waals surface area (Å²) in [5.74, 6) is 0. The minimum absolute atomic E-state index is 0.580. The van der Waals surface area contributed by atoms with Crippen LogP contribution in [0, 0.1) is 0 Å². The Kier molecular flexibility index (Phi) is 4.85. The summed E-state index contributed by atoms with van der Waals surface area (Å²) in [4.78, 5) is 2.74. The summed E-state index contributed by atoms with van der Waals surface area (Å²) in [5.41, 5.74) is 6.96. The third-order valence-electron chi connectivity index (χ3n) is 6.35. The van der Waals surface area contributed by atoms with Crippen LogP contribution in [0.25, 0.3) is 16.7 Å². The number of benzene rings is 3. The highest BCUT2D eigenvalue weighted by Crippen LogP contribution is 2.38. The van der Waals surface area contributed by atoms with E-state index in [0.29, 0.717) is 12.1 Å². The molecule has 2 bridgehead atoms. The zero-order chi connectivity index (χ0) is 18.8. The number of nitrogens with zero attached hydrogens (tertiary/aromatic N) is 1. The summed E-state index contributed by atoms with van der Waals surface area (Å²) in [5, 5.41) is 0. The Balaban J connectivity index is 1.38. The lowest BCUT2D eigenvalue weighted by Gasteiger charge is -2.45. The summed E-state index contributed by atoms with van der Waals surface area (Å²) >= 11 is 0. The van der Waals surface area contributed by atoms with Gasteiger partial charge >= 0.3 is 0 Å². The zero-order valence-electron chi connectivity index (χ0n) is 16.3. The molecule has 0 aromatic heterocycles. The molecule has 2 heterocycles. The molecule has 3 aromatic rings. The molecule has 2 unspecified atom stereocenters. The van der Waals surface area contributed by atoms with Crippen molar-refractivity contribution in [3.05, 3.63) is 102 Å². The number of piperidine rings is 1. The maximum atomic E-state index is 2.74. The second kappa shape index (κ2) is 7.77. The molecule has 2 atom stereocenters. The molecule has 3 aromatic carbocycles. The highest BCUT2D eigenvalue weighted by molar-refractivity contribution is 5.71. The van der Waals surface area contributed by atoms with Crippen molar-refractivity contribution >= 4 is 5.57 Å². The second-order valence-electron chi connectivity index (χ2n) is 8.15. The first-order valence-electron chi connectivity index (χ1n) is 10.5. The predicted octanol–water partition coefficient (Wildman–Crippen LogP) is 6.56. The van der Waals surface area contributed by atoms with E-state index in [4.69, 9.17) is 0 Å². The van der Waals surface area contributed by atoms with Crippen LogP contribution in [0.5, 0.6) is 0 Å². The predicted molar refractivity (Wildman–Crippen MR) is 118 cm³/mol. The average molecular weight is 366 g/mol. The molecule has 1 heteroatoms. The van der Waals surface area contributed by atoms with E-state index < -0.39 is 0 Å². The fraction of sp³-hybridized carbons (Fsp3) is 0.259. The first-order valence-corrected chi connectivity index (χ1v) is 10.5. The van der Waals surface area contributed by atoms with Gasteiger partial charge in [-0.3, -0.25) is 4.90 Å². The molecule has 140 valence electrons. The van der Waals surface area contributed by atoms with E-state index in [9.17, 15) is 0 Å². The van der Waals surface area contributed by atoms with Crippen LogP contribution in [0.2, 0.25) is 0 Å². The number of rotatable bonds is 4. The molecule has 1 nitrogen and oxygen atoms in total. The molecule has 1 saturated heterocycles. The normalized spacial score (nSPS) is 21.9. The largest absolute Gasteiger partial charge is 0.289 e. The lowest BCUT2D eigenvalue weighted by Crippen LogP contribution is -2.47. The Bertz CT molecular complexity index is 941. The number of hydrogen-bond donors (Lipinski definition) is 0. The van der Waals surface area contributed by atoms with E-state index in [1.165, 1.54) is 47.9 Å². The van der Waals surface area contributed by atoms with Gasteiger partial charge in [0.15, 0.2) is 0 Å². The summed E-state index contributed by atoms with van der Waals surface area (Å²) < 4.78 is 0. The van der Waals surface area contributed by atoms with E-state index in [1.54, 1.807) is 5.57 Å². The molecule has 2 aliphatic heterocycles. The maximum Gasteiger partial charge on any atom is 0.0290 e. The van der Waals surface area contributed by atoms with Gasteiger partial charge in [-0.15, -0.1) is 0 Å². The van der Waals surface area contributed by atoms with Crippen molar-refractivity contribution in [2.75, 3.05) is 0 Å². The second-order valence-corrected chi connectivity index (χ2v) is 8.15. The van der Waals surface area contributed by atoms with Crippen molar-refractivity contribution in [1.29, 1.82) is 0 Å². The molecule has 0 radical (unpaired) electrons. The van der Waals surface area contributed by atoms with E-state index in [-0.39, 0.29) is 0 Å². The van der Waals surface area contributed by atoms with Crippen molar-refractivity contribution in [2.24, 2.45) is 0 Å². The molecule has 2 aliphatic rings. The lowest BCUT2D eigenvalue weighted by atomic mass is 9.82. The van der Waals surface area contributed by atoms with Crippen molar-refractivity contribution in [3.8, 4) is 11.1 Å². The van der Waals surface area contributed by atoms with Crippen molar-refractivity contribution in [2.45, 2.75) is 44.3 Å². The van der Waals surface area contributed by atoms with Crippen molar-refractivity contribution < 1.29 is 0 Å². The van der Waals surface area contributed by atoms with Gasteiger partial charge in [0.25, 0.3) is 0 Å². The molecular formula is C27H27N. The summed E-state index contributed by atoms with van der Waals surface area (Å²) in [7, 11) is 0. The summed E-state index contributed by atoms with van der Waals surface area (Å²) in [6.45, 7) is 1.08. The Labute approximate surface area is 168 Å². The van der Waals surface area contributed by atoms with E-state index in [0.717, 1.165) is 6.54 Å². The minimum Gasteiger partial charge on any atom is -0.289 e. The third kappa shape index (κ3) is 3.55. The van der Waals surface area contributed by atoms with E-state index >= 15 is 0 Å².